The van der Waals surface area contributed by atoms with Crippen LogP contribution in [0.1, 0.15) is 32.9 Å². The van der Waals surface area contributed by atoms with Gasteiger partial charge in [0.1, 0.15) is 11.9 Å². The summed E-state index contributed by atoms with van der Waals surface area (Å²) in [6, 6.07) is 2.38. The van der Waals surface area contributed by atoms with Gasteiger partial charge in [0.15, 0.2) is 5.69 Å². The average Bonchev–Trinajstić information content (AvgIpc) is 2.27. The molecule has 1 rings (SSSR count). The molecule has 16 heavy (non-hydrogen) atoms. The maximum atomic E-state index is 8.63. The van der Waals surface area contributed by atoms with E-state index in [1.54, 1.807) is 6.20 Å². The molecule has 0 fully saturated rings. The van der Waals surface area contributed by atoms with E-state index in [2.05, 4.69) is 35.6 Å². The molecule has 0 amide bonds. The first-order valence-electron chi connectivity index (χ1n) is 5.49. The highest BCUT2D eigenvalue weighted by atomic mass is 15.2. The Morgan fingerprint density at radius 1 is 1.31 bits per heavy atom. The van der Waals surface area contributed by atoms with Crippen LogP contribution < -0.4 is 4.90 Å². The smallest absolute Gasteiger partial charge is 0.158 e. The highest BCUT2D eigenvalue weighted by Crippen LogP contribution is 2.15. The molecule has 1 atom stereocenters. The molecule has 1 unspecified atom stereocenters. The molecule has 1 heterocycles. The minimum absolute atomic E-state index is 0.355. The van der Waals surface area contributed by atoms with Gasteiger partial charge in [0.25, 0.3) is 0 Å². The van der Waals surface area contributed by atoms with Crippen molar-refractivity contribution in [1.82, 2.24) is 9.97 Å². The van der Waals surface area contributed by atoms with Crippen molar-refractivity contribution < 1.29 is 0 Å². The second-order valence-electron chi connectivity index (χ2n) is 4.46. The Balaban J connectivity index is 2.72. The molecule has 1 aromatic heterocycles. The summed E-state index contributed by atoms with van der Waals surface area (Å²) in [5, 5.41) is 8.63. The first kappa shape index (κ1) is 12.4. The largest absolute Gasteiger partial charge is 0.356 e. The normalized spacial score (nSPS) is 12.2. The lowest BCUT2D eigenvalue weighted by Crippen LogP contribution is -2.30. The summed E-state index contributed by atoms with van der Waals surface area (Å²) >= 11 is 0. The Bertz CT molecular complexity index is 364. The topological polar surface area (TPSA) is 52.8 Å². The zero-order chi connectivity index (χ0) is 12.1. The molecular weight excluding hydrogens is 200 g/mol. The van der Waals surface area contributed by atoms with Gasteiger partial charge < -0.3 is 4.90 Å². The van der Waals surface area contributed by atoms with Crippen LogP contribution in [-0.2, 0) is 0 Å². The zero-order valence-electron chi connectivity index (χ0n) is 10.3. The molecule has 0 N–H and O–H groups in total. The summed E-state index contributed by atoms with van der Waals surface area (Å²) in [5.74, 6) is 1.47. The van der Waals surface area contributed by atoms with E-state index in [0.717, 1.165) is 12.2 Å². The van der Waals surface area contributed by atoms with Gasteiger partial charge in [0.05, 0.1) is 12.4 Å². The van der Waals surface area contributed by atoms with Crippen molar-refractivity contribution in [3.8, 4) is 6.07 Å². The summed E-state index contributed by atoms with van der Waals surface area (Å²) in [6.45, 7) is 6.57. The maximum absolute atomic E-state index is 8.63. The summed E-state index contributed by atoms with van der Waals surface area (Å²) in [6.07, 6.45) is 4.27. The van der Waals surface area contributed by atoms with E-state index >= 15 is 0 Å². The van der Waals surface area contributed by atoms with Crippen molar-refractivity contribution in [1.29, 1.82) is 5.26 Å². The number of hydrogen-bond donors (Lipinski definition) is 0. The first-order valence-corrected chi connectivity index (χ1v) is 5.49. The lowest BCUT2D eigenvalue weighted by Gasteiger charge is -2.26. The number of nitriles is 1. The van der Waals surface area contributed by atoms with Crippen LogP contribution in [0.3, 0.4) is 0 Å². The highest BCUT2D eigenvalue weighted by molar-refractivity contribution is 5.37. The molecule has 86 valence electrons. The van der Waals surface area contributed by atoms with Crippen LogP contribution in [0.4, 0.5) is 5.82 Å². The third-order valence-electron chi connectivity index (χ3n) is 2.59. The Morgan fingerprint density at radius 3 is 2.44 bits per heavy atom. The molecule has 0 aliphatic carbocycles. The van der Waals surface area contributed by atoms with Gasteiger partial charge >= 0.3 is 0 Å². The molecule has 0 bridgehead atoms. The van der Waals surface area contributed by atoms with Crippen LogP contribution in [0.15, 0.2) is 12.4 Å². The SMILES string of the molecule is CC(C)CC(C)N(C)c1cnc(C#N)cn1. The number of anilines is 1. The van der Waals surface area contributed by atoms with Crippen LogP contribution in [0.25, 0.3) is 0 Å². The minimum Gasteiger partial charge on any atom is -0.356 e. The molecule has 4 nitrogen and oxygen atoms in total. The van der Waals surface area contributed by atoms with Gasteiger partial charge in [-0.05, 0) is 19.3 Å². The standard InChI is InChI=1S/C12H18N4/c1-9(2)5-10(3)16(4)12-8-14-11(6-13)7-15-12/h7-10H,5H2,1-4H3. The van der Waals surface area contributed by atoms with Crippen molar-refractivity contribution in [2.45, 2.75) is 33.2 Å². The molecule has 0 aliphatic heterocycles. The molecule has 0 aromatic carbocycles. The second kappa shape index (κ2) is 5.45. The fourth-order valence-electron chi connectivity index (χ4n) is 1.63. The quantitative estimate of drug-likeness (QED) is 0.777. The Labute approximate surface area is 96.9 Å². The van der Waals surface area contributed by atoms with Crippen molar-refractivity contribution >= 4 is 5.82 Å². The van der Waals surface area contributed by atoms with Crippen LogP contribution in [0.2, 0.25) is 0 Å². The molecular formula is C12H18N4. The maximum Gasteiger partial charge on any atom is 0.158 e. The molecule has 0 saturated carbocycles. The fourth-order valence-corrected chi connectivity index (χ4v) is 1.63. The lowest BCUT2D eigenvalue weighted by atomic mass is 10.0. The fraction of sp³-hybridized carbons (Fsp3) is 0.583. The highest BCUT2D eigenvalue weighted by Gasteiger charge is 2.12. The second-order valence-corrected chi connectivity index (χ2v) is 4.46. The Morgan fingerprint density at radius 2 is 2.00 bits per heavy atom. The third kappa shape index (κ3) is 3.20. The lowest BCUT2D eigenvalue weighted by molar-refractivity contribution is 0.502. The monoisotopic (exact) mass is 218 g/mol. The summed E-state index contributed by atoms with van der Waals surface area (Å²) < 4.78 is 0. The van der Waals surface area contributed by atoms with Crippen molar-refractivity contribution in [3.63, 3.8) is 0 Å². The van der Waals surface area contributed by atoms with Gasteiger partial charge in [0, 0.05) is 13.1 Å². The van der Waals surface area contributed by atoms with Crippen molar-refractivity contribution in [2.24, 2.45) is 5.92 Å². The van der Waals surface area contributed by atoms with Crippen molar-refractivity contribution in [2.75, 3.05) is 11.9 Å². The number of aromatic nitrogens is 2. The van der Waals surface area contributed by atoms with Crippen LogP contribution in [0.5, 0.6) is 0 Å². The van der Waals surface area contributed by atoms with Crippen LogP contribution in [-0.4, -0.2) is 23.1 Å². The van der Waals surface area contributed by atoms with E-state index in [9.17, 15) is 0 Å². The molecule has 4 heteroatoms. The third-order valence-corrected chi connectivity index (χ3v) is 2.59. The Hall–Kier alpha value is -1.63. The average molecular weight is 218 g/mol. The summed E-state index contributed by atoms with van der Waals surface area (Å²) in [5.41, 5.74) is 0.355. The number of nitrogens with zero attached hydrogens (tertiary/aromatic N) is 4. The van der Waals surface area contributed by atoms with E-state index < -0.39 is 0 Å². The van der Waals surface area contributed by atoms with Crippen molar-refractivity contribution in [3.05, 3.63) is 18.1 Å². The van der Waals surface area contributed by atoms with Gasteiger partial charge in [0.2, 0.25) is 0 Å². The van der Waals surface area contributed by atoms with Gasteiger partial charge in [-0.2, -0.15) is 5.26 Å². The summed E-state index contributed by atoms with van der Waals surface area (Å²) in [4.78, 5) is 10.3. The van der Waals surface area contributed by atoms with Gasteiger partial charge in [-0.3, -0.25) is 0 Å². The van der Waals surface area contributed by atoms with E-state index in [1.807, 2.05) is 13.1 Å². The predicted octanol–water partition coefficient (Wildman–Crippen LogP) is 2.22. The van der Waals surface area contributed by atoms with Gasteiger partial charge in [-0.15, -0.1) is 0 Å². The van der Waals surface area contributed by atoms with Gasteiger partial charge in [-0.25, -0.2) is 9.97 Å². The minimum atomic E-state index is 0.355. The van der Waals surface area contributed by atoms with E-state index in [0.29, 0.717) is 17.7 Å². The molecule has 1 aromatic rings. The predicted molar refractivity (Wildman–Crippen MR) is 64.1 cm³/mol. The number of hydrogen-bond acceptors (Lipinski definition) is 4. The Kier molecular flexibility index (Phi) is 4.24. The molecule has 0 radical (unpaired) electrons. The van der Waals surface area contributed by atoms with Crippen LogP contribution in [0, 0.1) is 17.2 Å². The molecule has 0 spiro atoms. The molecule has 0 saturated heterocycles. The number of rotatable bonds is 4. The van der Waals surface area contributed by atoms with E-state index in [-0.39, 0.29) is 0 Å². The zero-order valence-corrected chi connectivity index (χ0v) is 10.3. The van der Waals surface area contributed by atoms with E-state index in [1.165, 1.54) is 6.20 Å². The summed E-state index contributed by atoms with van der Waals surface area (Å²) in [7, 11) is 2.00. The molecule has 0 aliphatic rings. The van der Waals surface area contributed by atoms with Gasteiger partial charge in [-0.1, -0.05) is 13.8 Å². The van der Waals surface area contributed by atoms with E-state index in [4.69, 9.17) is 5.26 Å². The van der Waals surface area contributed by atoms with Crippen LogP contribution >= 0.6 is 0 Å². The first-order chi connectivity index (χ1) is 7.54.